The number of aliphatic hydroxyl groups is 5. The van der Waals surface area contributed by atoms with Gasteiger partial charge >= 0.3 is 5.97 Å². The summed E-state index contributed by atoms with van der Waals surface area (Å²) in [7, 11) is 1.56. The number of fused-ring (bicyclic) bond motifs is 3. The molecule has 5 rings (SSSR count). The maximum absolute atomic E-state index is 12.6. The van der Waals surface area contributed by atoms with Crippen molar-refractivity contribution >= 4 is 12.0 Å². The Bertz CT molecular complexity index is 1010. The molecule has 3 heterocycles. The van der Waals surface area contributed by atoms with Crippen molar-refractivity contribution in [1.82, 2.24) is 0 Å². The van der Waals surface area contributed by atoms with Crippen molar-refractivity contribution in [2.75, 3.05) is 13.7 Å². The van der Waals surface area contributed by atoms with E-state index in [9.17, 15) is 30.3 Å². The summed E-state index contributed by atoms with van der Waals surface area (Å²) in [6.45, 7) is -0.413. The summed E-state index contributed by atoms with van der Waals surface area (Å²) in [6, 6.07) is 7.09. The van der Waals surface area contributed by atoms with E-state index in [1.165, 1.54) is 12.3 Å². The molecule has 1 saturated carbocycles. The number of epoxide rings is 1. The Kier molecular flexibility index (Phi) is 6.78. The van der Waals surface area contributed by atoms with Gasteiger partial charge in [-0.3, -0.25) is 0 Å². The fraction of sp³-hybridized carbons (Fsp3) is 0.542. The summed E-state index contributed by atoms with van der Waals surface area (Å²) >= 11 is 0. The number of ether oxygens (including phenoxy) is 6. The Morgan fingerprint density at radius 1 is 1.08 bits per heavy atom. The molecule has 3 fully saturated rings. The lowest BCUT2D eigenvalue weighted by Gasteiger charge is -2.42. The lowest BCUT2D eigenvalue weighted by molar-refractivity contribution is -0.371. The van der Waals surface area contributed by atoms with Crippen LogP contribution in [0.3, 0.4) is 0 Å². The van der Waals surface area contributed by atoms with Gasteiger partial charge in [0.15, 0.2) is 12.6 Å². The van der Waals surface area contributed by atoms with Crippen molar-refractivity contribution in [1.29, 1.82) is 0 Å². The first-order chi connectivity index (χ1) is 17.3. The van der Waals surface area contributed by atoms with Gasteiger partial charge in [-0.2, -0.15) is 0 Å². The number of hydrogen-bond acceptors (Lipinski definition) is 12. The predicted molar refractivity (Wildman–Crippen MR) is 118 cm³/mol. The van der Waals surface area contributed by atoms with Crippen molar-refractivity contribution in [2.45, 2.75) is 55.0 Å². The largest absolute Gasteiger partial charge is 0.497 e. The Morgan fingerprint density at radius 2 is 1.83 bits per heavy atom. The molecule has 1 aromatic rings. The van der Waals surface area contributed by atoms with Crippen LogP contribution in [-0.2, 0) is 28.5 Å². The molecule has 196 valence electrons. The monoisotopic (exact) mass is 508 g/mol. The number of benzene rings is 1. The number of carbonyl (C=O) groups excluding carboxylic acids is 1. The minimum atomic E-state index is -1.80. The molecular formula is C24H28O12. The first kappa shape index (κ1) is 25.1. The van der Waals surface area contributed by atoms with Gasteiger partial charge in [0.1, 0.15) is 41.9 Å². The zero-order valence-electron chi connectivity index (χ0n) is 19.2. The van der Waals surface area contributed by atoms with Gasteiger partial charge in [-0.15, -0.1) is 0 Å². The molecule has 1 aliphatic carbocycles. The van der Waals surface area contributed by atoms with Crippen LogP contribution in [0.5, 0.6) is 5.75 Å². The van der Waals surface area contributed by atoms with Gasteiger partial charge in [-0.1, -0.05) is 12.1 Å². The molecular weight excluding hydrogens is 480 g/mol. The van der Waals surface area contributed by atoms with Crippen LogP contribution < -0.4 is 4.74 Å². The molecule has 2 saturated heterocycles. The number of methoxy groups -OCH3 is 1. The Hall–Kier alpha value is -2.55. The van der Waals surface area contributed by atoms with Gasteiger partial charge in [0.05, 0.1) is 25.9 Å². The topological polar surface area (TPSA) is 177 Å². The first-order valence-electron chi connectivity index (χ1n) is 11.5. The average molecular weight is 508 g/mol. The van der Waals surface area contributed by atoms with E-state index >= 15 is 0 Å². The summed E-state index contributed by atoms with van der Waals surface area (Å²) in [5.74, 6) is -1.05. The van der Waals surface area contributed by atoms with Crippen LogP contribution in [-0.4, -0.2) is 100 Å². The third-order valence-electron chi connectivity index (χ3n) is 7.07. The van der Waals surface area contributed by atoms with Crippen molar-refractivity contribution in [3.8, 4) is 5.75 Å². The predicted octanol–water partition coefficient (Wildman–Crippen LogP) is -1.36. The third kappa shape index (κ3) is 4.29. The second-order valence-electron chi connectivity index (χ2n) is 9.10. The first-order valence-corrected chi connectivity index (χ1v) is 11.5. The molecule has 0 aromatic heterocycles. The van der Waals surface area contributed by atoms with Gasteiger partial charge in [0.2, 0.25) is 6.29 Å². The van der Waals surface area contributed by atoms with E-state index in [1.807, 2.05) is 0 Å². The molecule has 12 nitrogen and oxygen atoms in total. The van der Waals surface area contributed by atoms with Crippen molar-refractivity contribution in [3.63, 3.8) is 0 Å². The fourth-order valence-corrected chi connectivity index (χ4v) is 5.10. The van der Waals surface area contributed by atoms with Crippen LogP contribution in [0, 0.1) is 11.8 Å². The van der Waals surface area contributed by atoms with Crippen molar-refractivity contribution in [3.05, 3.63) is 48.2 Å². The highest BCUT2D eigenvalue weighted by molar-refractivity contribution is 5.87. The fourth-order valence-electron chi connectivity index (χ4n) is 5.10. The molecule has 1 aromatic carbocycles. The van der Waals surface area contributed by atoms with Crippen LogP contribution in [0.15, 0.2) is 42.7 Å². The Morgan fingerprint density at radius 3 is 2.53 bits per heavy atom. The molecule has 36 heavy (non-hydrogen) atoms. The van der Waals surface area contributed by atoms with Gasteiger partial charge in [0.25, 0.3) is 0 Å². The van der Waals surface area contributed by atoms with Gasteiger partial charge in [0, 0.05) is 12.0 Å². The second-order valence-corrected chi connectivity index (χ2v) is 9.10. The number of rotatable bonds is 7. The van der Waals surface area contributed by atoms with Crippen LogP contribution in [0.1, 0.15) is 5.56 Å². The lowest BCUT2D eigenvalue weighted by Crippen LogP contribution is -2.59. The molecule has 0 bridgehead atoms. The number of hydrogen-bond donors (Lipinski definition) is 5. The number of esters is 1. The molecule has 0 spiro atoms. The zero-order valence-corrected chi connectivity index (χ0v) is 19.2. The minimum Gasteiger partial charge on any atom is -0.497 e. The van der Waals surface area contributed by atoms with Crippen LogP contribution >= 0.6 is 0 Å². The van der Waals surface area contributed by atoms with Gasteiger partial charge in [-0.25, -0.2) is 4.79 Å². The van der Waals surface area contributed by atoms with E-state index in [-0.39, 0.29) is 0 Å². The van der Waals surface area contributed by atoms with Crippen LogP contribution in [0.25, 0.3) is 6.08 Å². The van der Waals surface area contributed by atoms with E-state index in [0.29, 0.717) is 5.75 Å². The zero-order chi connectivity index (χ0) is 25.6. The summed E-state index contributed by atoms with van der Waals surface area (Å²) < 4.78 is 32.9. The van der Waals surface area contributed by atoms with E-state index in [1.54, 1.807) is 43.5 Å². The average Bonchev–Trinajstić information content (AvgIpc) is 3.57. The van der Waals surface area contributed by atoms with Gasteiger partial charge < -0.3 is 54.0 Å². The summed E-state index contributed by atoms with van der Waals surface area (Å²) in [5, 5.41) is 49.8. The lowest BCUT2D eigenvalue weighted by atomic mass is 9.85. The smallest absolute Gasteiger partial charge is 0.331 e. The van der Waals surface area contributed by atoms with Crippen LogP contribution in [0.4, 0.5) is 0 Å². The van der Waals surface area contributed by atoms with E-state index in [2.05, 4.69) is 0 Å². The molecule has 0 amide bonds. The van der Waals surface area contributed by atoms with Crippen molar-refractivity contribution < 1.29 is 58.7 Å². The Labute approximate surface area is 205 Å². The number of aliphatic hydroxyl groups excluding tert-OH is 5. The molecule has 4 aliphatic rings. The van der Waals surface area contributed by atoms with Crippen LogP contribution in [0.2, 0.25) is 0 Å². The molecule has 5 N–H and O–H groups in total. The second kappa shape index (κ2) is 9.72. The van der Waals surface area contributed by atoms with E-state index < -0.39 is 79.4 Å². The van der Waals surface area contributed by atoms with E-state index in [0.717, 1.165) is 5.56 Å². The summed E-state index contributed by atoms with van der Waals surface area (Å²) in [5.41, 5.74) is -0.356. The molecule has 0 radical (unpaired) electrons. The summed E-state index contributed by atoms with van der Waals surface area (Å²) in [6.07, 6.45) is -5.09. The molecule has 11 unspecified atom stereocenters. The normalized spacial score (nSPS) is 42.9. The van der Waals surface area contributed by atoms with Gasteiger partial charge in [-0.05, 0) is 29.8 Å². The highest BCUT2D eigenvalue weighted by Crippen LogP contribution is 2.60. The Balaban J connectivity index is 1.28. The van der Waals surface area contributed by atoms with E-state index in [4.69, 9.17) is 28.4 Å². The third-order valence-corrected chi connectivity index (χ3v) is 7.07. The quantitative estimate of drug-likeness (QED) is 0.166. The highest BCUT2D eigenvalue weighted by atomic mass is 16.8. The molecule has 3 aliphatic heterocycles. The highest BCUT2D eigenvalue weighted by Gasteiger charge is 2.77. The summed E-state index contributed by atoms with van der Waals surface area (Å²) in [4.78, 5) is 12.6. The molecule has 12 heteroatoms. The standard InChI is InChI=1S/C24H28O12/c1-31-12-5-2-11(3-6-12)4-7-14(26)33-19-13-8-9-32-22(15(13)24(10-25)20(19)36-24)35-23-18(29)16(27)17(28)21(30)34-23/h2-9,13,15-23,25,27-30H,10H2,1H3. The minimum absolute atomic E-state index is 0.413. The number of carbonyl (C=O) groups is 1. The van der Waals surface area contributed by atoms with Crippen molar-refractivity contribution in [2.24, 2.45) is 11.8 Å². The maximum atomic E-state index is 12.6. The molecule has 11 atom stereocenters. The SMILES string of the molecule is COc1ccc(C=CC(=O)OC2C3C=COC(OC4OC(O)C(O)C(O)C4O)C3C3(CO)OC23)cc1. The maximum Gasteiger partial charge on any atom is 0.331 e.